The monoisotopic (exact) mass is 466 g/mol. The second kappa shape index (κ2) is 8.41. The van der Waals surface area contributed by atoms with Crippen molar-refractivity contribution < 1.29 is 4.52 Å². The van der Waals surface area contributed by atoms with Crippen molar-refractivity contribution in [1.29, 1.82) is 0 Å². The van der Waals surface area contributed by atoms with E-state index in [9.17, 15) is 0 Å². The molecule has 2 aromatic rings. The molecule has 0 bridgehead atoms. The third-order valence-electron chi connectivity index (χ3n) is 5.66. The van der Waals surface area contributed by atoms with E-state index in [1.165, 1.54) is 32.1 Å². The number of nitrogens with one attached hydrogen (secondary N) is 1. The summed E-state index contributed by atoms with van der Waals surface area (Å²) in [6.07, 6.45) is 6.84. The quantitative estimate of drug-likeness (QED) is 0.417. The van der Waals surface area contributed by atoms with E-state index in [1.54, 1.807) is 0 Å². The van der Waals surface area contributed by atoms with Crippen LogP contribution < -0.4 is 5.32 Å². The van der Waals surface area contributed by atoms with Gasteiger partial charge in [-0.05, 0) is 24.7 Å². The normalized spacial score (nSPS) is 19.0. The molecule has 140 valence electrons. The molecule has 0 amide bonds. The molecule has 1 aliphatic heterocycles. The molecular weight excluding hydrogens is 439 g/mol. The van der Waals surface area contributed by atoms with E-state index in [2.05, 4.69) is 20.4 Å². The van der Waals surface area contributed by atoms with Crippen LogP contribution in [-0.2, 0) is 6.54 Å². The van der Waals surface area contributed by atoms with Crippen molar-refractivity contribution in [3.63, 3.8) is 0 Å². The molecule has 26 heavy (non-hydrogen) atoms. The lowest BCUT2D eigenvalue weighted by Crippen LogP contribution is -2.40. The Kier molecular flexibility index (Phi) is 6.21. The predicted octanol–water partition coefficient (Wildman–Crippen LogP) is 4.30. The van der Waals surface area contributed by atoms with Gasteiger partial charge < -0.3 is 14.7 Å². The van der Waals surface area contributed by atoms with Gasteiger partial charge in [0.1, 0.15) is 5.69 Å². The number of hydrogen-bond acceptors (Lipinski definition) is 3. The highest BCUT2D eigenvalue weighted by Crippen LogP contribution is 2.45. The van der Waals surface area contributed by atoms with Crippen LogP contribution >= 0.6 is 24.0 Å². The fraction of sp³-hybridized carbons (Fsp3) is 0.500. The van der Waals surface area contributed by atoms with E-state index in [1.807, 2.05) is 43.4 Å². The fourth-order valence-electron chi connectivity index (χ4n) is 4.28. The van der Waals surface area contributed by atoms with Gasteiger partial charge in [-0.15, -0.1) is 24.0 Å². The molecular formula is C20H27IN4O. The lowest BCUT2D eigenvalue weighted by atomic mass is 9.86. The summed E-state index contributed by atoms with van der Waals surface area (Å²) in [5, 5.41) is 7.64. The van der Waals surface area contributed by atoms with Crippen molar-refractivity contribution in [2.45, 2.75) is 38.6 Å². The average Bonchev–Trinajstić information content (AvgIpc) is 3.39. The Bertz CT molecular complexity index is 737. The Hall–Kier alpha value is -1.57. The highest BCUT2D eigenvalue weighted by Gasteiger charge is 2.41. The Morgan fingerprint density at radius 3 is 2.73 bits per heavy atom. The maximum Gasteiger partial charge on any atom is 0.193 e. The Labute approximate surface area is 172 Å². The molecule has 2 heterocycles. The topological polar surface area (TPSA) is 53.7 Å². The summed E-state index contributed by atoms with van der Waals surface area (Å²) in [5.74, 6) is 1.78. The number of hydrogen-bond donors (Lipinski definition) is 1. The Balaban J connectivity index is 0.00000196. The third kappa shape index (κ3) is 4.05. The van der Waals surface area contributed by atoms with Crippen molar-refractivity contribution in [2.75, 3.05) is 20.1 Å². The Morgan fingerprint density at radius 1 is 1.23 bits per heavy atom. The van der Waals surface area contributed by atoms with E-state index < -0.39 is 0 Å². The lowest BCUT2D eigenvalue weighted by Gasteiger charge is -2.25. The number of guanidine groups is 1. The average molecular weight is 466 g/mol. The molecule has 1 saturated carbocycles. The number of likely N-dealkylation sites (tertiary alicyclic amines) is 1. The summed E-state index contributed by atoms with van der Waals surface area (Å²) < 4.78 is 5.47. The third-order valence-corrected chi connectivity index (χ3v) is 5.66. The van der Waals surface area contributed by atoms with Crippen LogP contribution in [0.1, 0.15) is 37.8 Å². The molecule has 6 heteroatoms. The summed E-state index contributed by atoms with van der Waals surface area (Å²) >= 11 is 0. The largest absolute Gasteiger partial charge is 0.356 e. The van der Waals surface area contributed by atoms with E-state index in [4.69, 9.17) is 4.52 Å². The summed E-state index contributed by atoms with van der Waals surface area (Å²) in [4.78, 5) is 6.88. The minimum Gasteiger partial charge on any atom is -0.356 e. The standard InChI is InChI=1S/C20H26N4O.HI/c1-21-19(24-12-11-20(15-24)9-5-6-10-20)22-14-17-13-18(25-23-17)16-7-3-2-4-8-16;/h2-4,7-8,13H,5-6,9-12,14-15H2,1H3,(H,21,22);1H. The number of halogens is 1. The zero-order valence-electron chi connectivity index (χ0n) is 15.3. The lowest BCUT2D eigenvalue weighted by molar-refractivity contribution is 0.309. The molecule has 1 N–H and O–H groups in total. The van der Waals surface area contributed by atoms with Crippen LogP contribution in [0.2, 0.25) is 0 Å². The van der Waals surface area contributed by atoms with Gasteiger partial charge in [-0.3, -0.25) is 4.99 Å². The van der Waals surface area contributed by atoms with Crippen molar-refractivity contribution >= 4 is 29.9 Å². The maximum absolute atomic E-state index is 5.47. The molecule has 0 unspecified atom stereocenters. The van der Waals surface area contributed by atoms with E-state index in [0.717, 1.165) is 36.1 Å². The van der Waals surface area contributed by atoms with Gasteiger partial charge in [0.25, 0.3) is 0 Å². The molecule has 2 fully saturated rings. The number of aliphatic imine (C=N–C) groups is 1. The highest BCUT2D eigenvalue weighted by atomic mass is 127. The summed E-state index contributed by atoms with van der Waals surface area (Å²) in [5.41, 5.74) is 2.49. The molecule has 1 spiro atoms. The predicted molar refractivity (Wildman–Crippen MR) is 115 cm³/mol. The molecule has 0 atom stereocenters. The smallest absolute Gasteiger partial charge is 0.193 e. The van der Waals surface area contributed by atoms with Crippen LogP contribution in [0.15, 0.2) is 45.9 Å². The van der Waals surface area contributed by atoms with Gasteiger partial charge in [0.05, 0.1) is 6.54 Å². The zero-order chi connectivity index (χ0) is 17.1. The first-order valence-electron chi connectivity index (χ1n) is 9.25. The van der Waals surface area contributed by atoms with Crippen molar-refractivity contribution in [3.8, 4) is 11.3 Å². The van der Waals surface area contributed by atoms with Crippen LogP contribution in [0.5, 0.6) is 0 Å². The van der Waals surface area contributed by atoms with Gasteiger partial charge in [-0.2, -0.15) is 0 Å². The van der Waals surface area contributed by atoms with Crippen LogP contribution in [0, 0.1) is 5.41 Å². The molecule has 4 rings (SSSR count). The summed E-state index contributed by atoms with van der Waals surface area (Å²) in [7, 11) is 1.86. The van der Waals surface area contributed by atoms with Gasteiger partial charge in [0.2, 0.25) is 0 Å². The zero-order valence-corrected chi connectivity index (χ0v) is 17.6. The van der Waals surface area contributed by atoms with E-state index in [0.29, 0.717) is 12.0 Å². The van der Waals surface area contributed by atoms with Crippen LogP contribution in [0.3, 0.4) is 0 Å². The molecule has 0 radical (unpaired) electrons. The van der Waals surface area contributed by atoms with Crippen LogP contribution in [0.4, 0.5) is 0 Å². The number of nitrogens with zero attached hydrogens (tertiary/aromatic N) is 3. The Morgan fingerprint density at radius 2 is 2.00 bits per heavy atom. The first-order valence-corrected chi connectivity index (χ1v) is 9.25. The second-order valence-corrected chi connectivity index (χ2v) is 7.33. The maximum atomic E-state index is 5.47. The SMILES string of the molecule is CN=C(NCc1cc(-c2ccccc2)on1)N1CCC2(CCCC2)C1.I. The van der Waals surface area contributed by atoms with Gasteiger partial charge >= 0.3 is 0 Å². The molecule has 2 aliphatic rings. The molecule has 1 saturated heterocycles. The van der Waals surface area contributed by atoms with Crippen molar-refractivity contribution in [3.05, 3.63) is 42.1 Å². The van der Waals surface area contributed by atoms with Gasteiger partial charge in [-0.25, -0.2) is 0 Å². The van der Waals surface area contributed by atoms with Crippen LogP contribution in [-0.4, -0.2) is 36.2 Å². The fourth-order valence-corrected chi connectivity index (χ4v) is 4.28. The van der Waals surface area contributed by atoms with E-state index in [-0.39, 0.29) is 24.0 Å². The van der Waals surface area contributed by atoms with Gasteiger partial charge in [0, 0.05) is 31.8 Å². The summed E-state index contributed by atoms with van der Waals surface area (Å²) in [6, 6.07) is 12.1. The minimum absolute atomic E-state index is 0. The van der Waals surface area contributed by atoms with Crippen molar-refractivity contribution in [2.24, 2.45) is 10.4 Å². The first-order chi connectivity index (χ1) is 12.3. The number of aromatic nitrogens is 1. The van der Waals surface area contributed by atoms with Gasteiger partial charge in [-0.1, -0.05) is 48.3 Å². The minimum atomic E-state index is 0. The molecule has 5 nitrogen and oxygen atoms in total. The van der Waals surface area contributed by atoms with Crippen LogP contribution in [0.25, 0.3) is 11.3 Å². The first kappa shape index (κ1) is 19.2. The molecule has 1 aromatic heterocycles. The highest BCUT2D eigenvalue weighted by molar-refractivity contribution is 14.0. The number of benzene rings is 1. The number of rotatable bonds is 3. The van der Waals surface area contributed by atoms with E-state index >= 15 is 0 Å². The van der Waals surface area contributed by atoms with Gasteiger partial charge in [0.15, 0.2) is 11.7 Å². The molecule has 1 aliphatic carbocycles. The second-order valence-electron chi connectivity index (χ2n) is 7.33. The van der Waals surface area contributed by atoms with Crippen molar-refractivity contribution in [1.82, 2.24) is 15.4 Å². The summed E-state index contributed by atoms with van der Waals surface area (Å²) in [6.45, 7) is 2.88. The molecule has 1 aromatic carbocycles.